The predicted molar refractivity (Wildman–Crippen MR) is 69.4 cm³/mol. The van der Waals surface area contributed by atoms with Gasteiger partial charge in [0.05, 0.1) is 0 Å². The van der Waals surface area contributed by atoms with Crippen LogP contribution in [0.3, 0.4) is 0 Å². The molecule has 0 atom stereocenters. The summed E-state index contributed by atoms with van der Waals surface area (Å²) < 4.78 is 11.2. The van der Waals surface area contributed by atoms with Crippen molar-refractivity contribution in [3.63, 3.8) is 0 Å². The van der Waals surface area contributed by atoms with E-state index in [0.717, 1.165) is 44.8 Å². The van der Waals surface area contributed by atoms with Gasteiger partial charge in [0.1, 0.15) is 11.8 Å². The number of rotatable bonds is 3. The second kappa shape index (κ2) is 6.31. The van der Waals surface area contributed by atoms with E-state index in [9.17, 15) is 0 Å². The molecule has 2 fully saturated rings. The molecule has 0 bridgehead atoms. The molecular weight excluding hydrogens is 254 g/mol. The van der Waals surface area contributed by atoms with Crippen molar-refractivity contribution in [1.82, 2.24) is 15.3 Å². The number of ether oxygens (including phenoxy) is 2. The third-order valence-electron chi connectivity index (χ3n) is 3.32. The van der Waals surface area contributed by atoms with E-state index in [4.69, 9.17) is 9.47 Å². The van der Waals surface area contributed by atoms with Crippen LogP contribution < -0.4 is 10.1 Å². The second-order valence-corrected chi connectivity index (χ2v) is 4.53. The van der Waals surface area contributed by atoms with E-state index in [1.807, 2.05) is 0 Å². The highest BCUT2D eigenvalue weighted by Gasteiger charge is 2.25. The van der Waals surface area contributed by atoms with Crippen LogP contribution >= 0.6 is 12.4 Å². The monoisotopic (exact) mass is 271 g/mol. The molecule has 0 saturated carbocycles. The third-order valence-corrected chi connectivity index (χ3v) is 3.32. The molecular formula is C12H18ClN3O2. The standard InChI is InChI=1S/C12H17N3O2.ClH/c1-5-16-6-2-9(1)11-12(15-4-3-14-11)17-10-7-13-8-10;/h3-4,9-10,13H,1-2,5-8H2;1H. The van der Waals surface area contributed by atoms with Crippen LogP contribution in [0, 0.1) is 0 Å². The summed E-state index contributed by atoms with van der Waals surface area (Å²) in [6, 6.07) is 0. The molecule has 2 saturated heterocycles. The Labute approximate surface area is 113 Å². The molecule has 6 heteroatoms. The molecule has 1 N–H and O–H groups in total. The van der Waals surface area contributed by atoms with Crippen LogP contribution in [0.2, 0.25) is 0 Å². The number of nitrogens with one attached hydrogen (secondary N) is 1. The van der Waals surface area contributed by atoms with E-state index in [1.165, 1.54) is 0 Å². The maximum absolute atomic E-state index is 5.86. The van der Waals surface area contributed by atoms with Gasteiger partial charge in [-0.1, -0.05) is 0 Å². The minimum Gasteiger partial charge on any atom is -0.470 e. The minimum atomic E-state index is 0. The zero-order valence-corrected chi connectivity index (χ0v) is 11.0. The van der Waals surface area contributed by atoms with Gasteiger partial charge in [0.25, 0.3) is 0 Å². The van der Waals surface area contributed by atoms with Gasteiger partial charge in [0.2, 0.25) is 5.88 Å². The fourth-order valence-corrected chi connectivity index (χ4v) is 2.18. The first kappa shape index (κ1) is 13.5. The van der Waals surface area contributed by atoms with Crippen molar-refractivity contribution in [2.75, 3.05) is 26.3 Å². The number of halogens is 1. The zero-order valence-electron chi connectivity index (χ0n) is 10.2. The molecule has 0 spiro atoms. The molecule has 0 radical (unpaired) electrons. The normalized spacial score (nSPS) is 20.9. The molecule has 0 aliphatic carbocycles. The molecule has 1 aromatic heterocycles. The number of hydrogen-bond acceptors (Lipinski definition) is 5. The first-order valence-corrected chi connectivity index (χ1v) is 6.19. The van der Waals surface area contributed by atoms with Crippen LogP contribution in [0.5, 0.6) is 5.88 Å². The average molecular weight is 272 g/mol. The Bertz CT molecular complexity index is 381. The van der Waals surface area contributed by atoms with Crippen LogP contribution in [-0.2, 0) is 4.74 Å². The quantitative estimate of drug-likeness (QED) is 0.894. The van der Waals surface area contributed by atoms with Gasteiger partial charge in [-0.15, -0.1) is 12.4 Å². The van der Waals surface area contributed by atoms with Crippen molar-refractivity contribution < 1.29 is 9.47 Å². The van der Waals surface area contributed by atoms with Crippen LogP contribution in [0.25, 0.3) is 0 Å². The summed E-state index contributed by atoms with van der Waals surface area (Å²) in [5.74, 6) is 1.14. The van der Waals surface area contributed by atoms with E-state index >= 15 is 0 Å². The summed E-state index contributed by atoms with van der Waals surface area (Å²) in [6.07, 6.45) is 5.72. The fraction of sp³-hybridized carbons (Fsp3) is 0.667. The molecule has 0 unspecified atom stereocenters. The summed E-state index contributed by atoms with van der Waals surface area (Å²) in [5.41, 5.74) is 1.00. The van der Waals surface area contributed by atoms with Crippen molar-refractivity contribution in [2.45, 2.75) is 24.9 Å². The maximum atomic E-state index is 5.86. The predicted octanol–water partition coefficient (Wildman–Crippen LogP) is 1.14. The van der Waals surface area contributed by atoms with Crippen molar-refractivity contribution in [2.24, 2.45) is 0 Å². The first-order chi connectivity index (χ1) is 8.43. The Morgan fingerprint density at radius 1 is 1.17 bits per heavy atom. The lowest BCUT2D eigenvalue weighted by atomic mass is 9.96. The van der Waals surface area contributed by atoms with E-state index in [2.05, 4.69) is 15.3 Å². The number of aromatic nitrogens is 2. The zero-order chi connectivity index (χ0) is 11.5. The molecule has 3 heterocycles. The summed E-state index contributed by atoms with van der Waals surface area (Å²) in [4.78, 5) is 8.77. The highest BCUT2D eigenvalue weighted by Crippen LogP contribution is 2.30. The Hall–Kier alpha value is -0.910. The van der Waals surface area contributed by atoms with Gasteiger partial charge in [-0.3, -0.25) is 4.98 Å². The van der Waals surface area contributed by atoms with E-state index in [0.29, 0.717) is 11.8 Å². The Kier molecular flexibility index (Phi) is 4.74. The van der Waals surface area contributed by atoms with Crippen LogP contribution in [0.4, 0.5) is 0 Å². The van der Waals surface area contributed by atoms with Gasteiger partial charge in [-0.05, 0) is 12.8 Å². The van der Waals surface area contributed by atoms with E-state index in [-0.39, 0.29) is 18.5 Å². The van der Waals surface area contributed by atoms with Crippen molar-refractivity contribution >= 4 is 12.4 Å². The molecule has 2 aliphatic rings. The lowest BCUT2D eigenvalue weighted by Crippen LogP contribution is -2.50. The second-order valence-electron chi connectivity index (χ2n) is 4.53. The Balaban J connectivity index is 0.00000120. The summed E-state index contributed by atoms with van der Waals surface area (Å²) in [7, 11) is 0. The Morgan fingerprint density at radius 2 is 1.89 bits per heavy atom. The van der Waals surface area contributed by atoms with Gasteiger partial charge in [0.15, 0.2) is 0 Å². The molecule has 1 aromatic rings. The van der Waals surface area contributed by atoms with Crippen LogP contribution in [-0.4, -0.2) is 42.4 Å². The molecule has 0 aromatic carbocycles. The van der Waals surface area contributed by atoms with Gasteiger partial charge in [-0.2, -0.15) is 0 Å². The van der Waals surface area contributed by atoms with Crippen LogP contribution in [0.1, 0.15) is 24.5 Å². The van der Waals surface area contributed by atoms with Crippen molar-refractivity contribution in [1.29, 1.82) is 0 Å². The topological polar surface area (TPSA) is 56.3 Å². The summed E-state index contributed by atoms with van der Waals surface area (Å²) in [6.45, 7) is 3.44. The highest BCUT2D eigenvalue weighted by atomic mass is 35.5. The van der Waals surface area contributed by atoms with Gasteiger partial charge >= 0.3 is 0 Å². The smallest absolute Gasteiger partial charge is 0.236 e. The number of nitrogens with zero attached hydrogens (tertiary/aromatic N) is 2. The molecule has 5 nitrogen and oxygen atoms in total. The van der Waals surface area contributed by atoms with E-state index < -0.39 is 0 Å². The number of hydrogen-bond donors (Lipinski definition) is 1. The summed E-state index contributed by atoms with van der Waals surface area (Å²) in [5, 5.41) is 3.19. The maximum Gasteiger partial charge on any atom is 0.236 e. The molecule has 3 rings (SSSR count). The van der Waals surface area contributed by atoms with Gasteiger partial charge in [-0.25, -0.2) is 4.98 Å². The van der Waals surface area contributed by atoms with E-state index in [1.54, 1.807) is 12.4 Å². The lowest BCUT2D eigenvalue weighted by molar-refractivity contribution is 0.0814. The van der Waals surface area contributed by atoms with Crippen molar-refractivity contribution in [3.8, 4) is 5.88 Å². The first-order valence-electron chi connectivity index (χ1n) is 6.19. The molecule has 2 aliphatic heterocycles. The van der Waals surface area contributed by atoms with Gasteiger partial charge in [0, 0.05) is 44.6 Å². The molecule has 18 heavy (non-hydrogen) atoms. The summed E-state index contributed by atoms with van der Waals surface area (Å²) >= 11 is 0. The lowest BCUT2D eigenvalue weighted by Gasteiger charge is -2.29. The fourth-order valence-electron chi connectivity index (χ4n) is 2.18. The third kappa shape index (κ3) is 2.91. The average Bonchev–Trinajstić information content (AvgIpc) is 2.35. The van der Waals surface area contributed by atoms with Crippen LogP contribution in [0.15, 0.2) is 12.4 Å². The largest absolute Gasteiger partial charge is 0.470 e. The molecule has 0 amide bonds. The Morgan fingerprint density at radius 3 is 2.56 bits per heavy atom. The highest BCUT2D eigenvalue weighted by molar-refractivity contribution is 5.85. The SMILES string of the molecule is Cl.c1cnc(C2CCOCC2)c(OC2CNC2)n1. The molecule has 100 valence electrons. The van der Waals surface area contributed by atoms with Crippen molar-refractivity contribution in [3.05, 3.63) is 18.1 Å². The van der Waals surface area contributed by atoms with Gasteiger partial charge < -0.3 is 14.8 Å². The minimum absolute atomic E-state index is 0.